The molecule has 0 saturated heterocycles. The zero-order valence-electron chi connectivity index (χ0n) is 15.5. The van der Waals surface area contributed by atoms with Crippen LogP contribution in [0.5, 0.6) is 0 Å². The van der Waals surface area contributed by atoms with E-state index < -0.39 is 0 Å². The van der Waals surface area contributed by atoms with Crippen LogP contribution in [-0.2, 0) is 9.59 Å². The van der Waals surface area contributed by atoms with Crippen molar-refractivity contribution in [2.75, 3.05) is 0 Å². The summed E-state index contributed by atoms with van der Waals surface area (Å²) < 4.78 is 0. The minimum absolute atomic E-state index is 0. The number of carbonyl (C=O) groups is 2. The molecule has 3 heteroatoms. The Hall–Kier alpha value is -1.15. The van der Waals surface area contributed by atoms with Gasteiger partial charge in [0, 0.05) is 17.8 Å². The zero-order valence-corrected chi connectivity index (χ0v) is 16.3. The highest BCUT2D eigenvalue weighted by atomic mass is 35.5. The summed E-state index contributed by atoms with van der Waals surface area (Å²) in [6.45, 7) is 6.65. The largest absolute Gasteiger partial charge is 0.299 e. The number of ketones is 2. The molecule has 0 heterocycles. The Morgan fingerprint density at radius 1 is 1.24 bits per heavy atom. The molecule has 0 aromatic carbocycles. The van der Waals surface area contributed by atoms with Crippen molar-refractivity contribution in [2.24, 2.45) is 28.6 Å². The Labute approximate surface area is 157 Å². The maximum absolute atomic E-state index is 12.5. The molecule has 136 valence electrons. The van der Waals surface area contributed by atoms with Gasteiger partial charge in [-0.2, -0.15) is 0 Å². The van der Waals surface area contributed by atoms with Crippen LogP contribution in [0.3, 0.4) is 0 Å². The third kappa shape index (κ3) is 2.51. The van der Waals surface area contributed by atoms with Crippen LogP contribution in [0, 0.1) is 28.6 Å². The van der Waals surface area contributed by atoms with Gasteiger partial charge in [-0.3, -0.25) is 9.59 Å². The molecule has 0 bridgehead atoms. The highest BCUT2D eigenvalue weighted by Gasteiger charge is 2.56. The quantitative estimate of drug-likeness (QED) is 0.632. The number of hydrogen-bond acceptors (Lipinski definition) is 2. The molecule has 5 atom stereocenters. The van der Waals surface area contributed by atoms with E-state index in [4.69, 9.17) is 0 Å². The van der Waals surface area contributed by atoms with Crippen LogP contribution in [0.25, 0.3) is 0 Å². The Kier molecular flexibility index (Phi) is 4.64. The van der Waals surface area contributed by atoms with Gasteiger partial charge in [0.2, 0.25) is 0 Å². The minimum Gasteiger partial charge on any atom is -0.299 e. The van der Waals surface area contributed by atoms with Crippen molar-refractivity contribution in [2.45, 2.75) is 59.3 Å². The van der Waals surface area contributed by atoms with Gasteiger partial charge in [0.1, 0.15) is 5.78 Å². The van der Waals surface area contributed by atoms with Crippen molar-refractivity contribution in [3.05, 3.63) is 35.5 Å². The second-order valence-corrected chi connectivity index (χ2v) is 8.68. The monoisotopic (exact) mass is 360 g/mol. The first-order chi connectivity index (χ1) is 11.4. The molecule has 0 aliphatic heterocycles. The average molecular weight is 361 g/mol. The fraction of sp³-hybridized carbons (Fsp3) is 0.636. The van der Waals surface area contributed by atoms with E-state index in [-0.39, 0.29) is 34.9 Å². The number of rotatable bonds is 2. The molecular formula is C22H29ClO2. The Morgan fingerprint density at radius 3 is 2.72 bits per heavy atom. The van der Waals surface area contributed by atoms with Crippen molar-refractivity contribution < 1.29 is 9.59 Å². The number of halogens is 1. The summed E-state index contributed by atoms with van der Waals surface area (Å²) in [6.07, 6.45) is 14.3. The third-order valence-electron chi connectivity index (χ3n) is 7.68. The predicted octanol–water partition coefficient (Wildman–Crippen LogP) is 5.23. The topological polar surface area (TPSA) is 34.1 Å². The van der Waals surface area contributed by atoms with Crippen molar-refractivity contribution in [1.29, 1.82) is 0 Å². The summed E-state index contributed by atoms with van der Waals surface area (Å²) in [4.78, 5) is 24.3. The molecule has 0 radical (unpaired) electrons. The average Bonchev–Trinajstić information content (AvgIpc) is 2.92. The zero-order chi connectivity index (χ0) is 17.1. The molecule has 4 aliphatic carbocycles. The van der Waals surface area contributed by atoms with E-state index in [1.807, 2.05) is 13.0 Å². The van der Waals surface area contributed by atoms with Crippen molar-refractivity contribution >= 4 is 24.0 Å². The van der Waals surface area contributed by atoms with E-state index in [0.717, 1.165) is 25.7 Å². The van der Waals surface area contributed by atoms with Crippen LogP contribution >= 0.6 is 12.4 Å². The normalized spacial score (nSPS) is 41.7. The molecule has 0 aromatic rings. The lowest BCUT2D eigenvalue weighted by molar-refractivity contribution is -0.126. The van der Waals surface area contributed by atoms with Crippen LogP contribution in [-0.4, -0.2) is 11.6 Å². The summed E-state index contributed by atoms with van der Waals surface area (Å²) in [5, 5.41) is 0. The number of Topliss-reactive ketones (excluding diaryl/α,β-unsaturated/α-hetero) is 1. The predicted molar refractivity (Wildman–Crippen MR) is 103 cm³/mol. The second kappa shape index (κ2) is 6.23. The summed E-state index contributed by atoms with van der Waals surface area (Å²) >= 11 is 0. The smallest absolute Gasteiger partial charge is 0.178 e. The van der Waals surface area contributed by atoms with Gasteiger partial charge in [-0.1, -0.05) is 37.1 Å². The molecule has 4 aliphatic rings. The summed E-state index contributed by atoms with van der Waals surface area (Å²) in [5.41, 5.74) is 2.90. The van der Waals surface area contributed by atoms with Crippen LogP contribution in [0.1, 0.15) is 59.3 Å². The molecule has 0 unspecified atom stereocenters. The molecule has 0 spiro atoms. The Balaban J connectivity index is 0.00000182. The number of carbonyl (C=O) groups excluding carboxylic acids is 2. The van der Waals surface area contributed by atoms with E-state index in [1.165, 1.54) is 17.6 Å². The number of fused-ring (bicyclic) bond motifs is 5. The number of hydrogen-bond donors (Lipinski definition) is 0. The van der Waals surface area contributed by atoms with Crippen LogP contribution < -0.4 is 0 Å². The third-order valence-corrected chi connectivity index (χ3v) is 7.68. The summed E-state index contributed by atoms with van der Waals surface area (Å²) in [6, 6.07) is 0. The van der Waals surface area contributed by atoms with Crippen LogP contribution in [0.2, 0.25) is 0 Å². The SMILES string of the molecule is CCC(=O)[C@H]1CC[C@H]2[C@@H]3CCC4=CC(=O)C=C[C@]4(C)C3=CC[C@]12C.Cl. The van der Waals surface area contributed by atoms with Gasteiger partial charge in [0.15, 0.2) is 5.78 Å². The second-order valence-electron chi connectivity index (χ2n) is 8.68. The van der Waals surface area contributed by atoms with Crippen LogP contribution in [0.15, 0.2) is 35.5 Å². The fourth-order valence-corrected chi connectivity index (χ4v) is 6.30. The van der Waals surface area contributed by atoms with Gasteiger partial charge in [-0.15, -0.1) is 12.4 Å². The highest BCUT2D eigenvalue weighted by Crippen LogP contribution is 2.63. The molecule has 0 amide bonds. The first-order valence-electron chi connectivity index (χ1n) is 9.57. The molecule has 0 aromatic heterocycles. The van der Waals surface area contributed by atoms with E-state index in [1.54, 1.807) is 6.08 Å². The number of allylic oxidation sites excluding steroid dienone is 6. The Bertz CT molecular complexity index is 701. The lowest BCUT2D eigenvalue weighted by Gasteiger charge is -2.52. The molecule has 4 rings (SSSR count). The van der Waals surface area contributed by atoms with Crippen molar-refractivity contribution in [1.82, 2.24) is 0 Å². The molecule has 0 N–H and O–H groups in total. The Morgan fingerprint density at radius 2 is 2.00 bits per heavy atom. The molecule has 25 heavy (non-hydrogen) atoms. The molecule has 2 saturated carbocycles. The van der Waals surface area contributed by atoms with Gasteiger partial charge in [0.25, 0.3) is 0 Å². The lowest BCUT2D eigenvalue weighted by Crippen LogP contribution is -2.44. The van der Waals surface area contributed by atoms with E-state index in [0.29, 0.717) is 24.0 Å². The van der Waals surface area contributed by atoms with E-state index in [2.05, 4.69) is 26.0 Å². The lowest BCUT2D eigenvalue weighted by atomic mass is 9.52. The van der Waals surface area contributed by atoms with Gasteiger partial charge >= 0.3 is 0 Å². The highest BCUT2D eigenvalue weighted by molar-refractivity contribution is 6.01. The van der Waals surface area contributed by atoms with Gasteiger partial charge in [-0.05, 0) is 68.4 Å². The fourth-order valence-electron chi connectivity index (χ4n) is 6.30. The first kappa shape index (κ1) is 18.6. The van der Waals surface area contributed by atoms with Gasteiger partial charge in [-0.25, -0.2) is 0 Å². The minimum atomic E-state index is -0.0645. The molecule has 2 nitrogen and oxygen atoms in total. The van der Waals surface area contributed by atoms with Gasteiger partial charge in [0.05, 0.1) is 0 Å². The maximum Gasteiger partial charge on any atom is 0.178 e. The maximum atomic E-state index is 12.5. The molecule has 2 fully saturated rings. The van der Waals surface area contributed by atoms with Crippen LogP contribution in [0.4, 0.5) is 0 Å². The van der Waals surface area contributed by atoms with E-state index >= 15 is 0 Å². The van der Waals surface area contributed by atoms with Gasteiger partial charge < -0.3 is 0 Å². The first-order valence-corrected chi connectivity index (χ1v) is 9.57. The van der Waals surface area contributed by atoms with E-state index in [9.17, 15) is 9.59 Å². The van der Waals surface area contributed by atoms with Crippen molar-refractivity contribution in [3.63, 3.8) is 0 Å². The van der Waals surface area contributed by atoms with Crippen molar-refractivity contribution in [3.8, 4) is 0 Å². The summed E-state index contributed by atoms with van der Waals surface area (Å²) in [7, 11) is 0. The molecular weight excluding hydrogens is 332 g/mol. The standard InChI is InChI=1S/C22H28O2.ClH/c1-4-20(24)19-8-7-17-16-6-5-14-13-15(23)9-11-21(14,2)18(16)10-12-22(17,19)3;/h9-11,13,16-17,19H,4-8,12H2,1-3H3;1H/t16-,17-,19+,21-,22-;/m0./s1. The summed E-state index contributed by atoms with van der Waals surface area (Å²) in [5.74, 6) is 2.05.